The van der Waals surface area contributed by atoms with Crippen LogP contribution >= 0.6 is 11.3 Å². The summed E-state index contributed by atoms with van der Waals surface area (Å²) in [7, 11) is 0. The van der Waals surface area contributed by atoms with E-state index < -0.39 is 0 Å². The van der Waals surface area contributed by atoms with Crippen LogP contribution in [0.5, 0.6) is 0 Å². The number of thiophene rings is 1. The van der Waals surface area contributed by atoms with Crippen LogP contribution in [0.3, 0.4) is 0 Å². The van der Waals surface area contributed by atoms with Gasteiger partial charge in [0.05, 0.1) is 5.00 Å². The molecule has 0 N–H and O–H groups in total. The summed E-state index contributed by atoms with van der Waals surface area (Å²) in [5.41, 5.74) is 29.2. The van der Waals surface area contributed by atoms with Gasteiger partial charge in [-0.25, -0.2) is 0 Å². The average Bonchev–Trinajstić information content (AvgIpc) is 3.72. The predicted molar refractivity (Wildman–Crippen MR) is 319 cm³/mol. The maximum Gasteiger partial charge on any atom is 0.253 e. The van der Waals surface area contributed by atoms with E-state index in [4.69, 9.17) is 0 Å². The molecule has 2 nitrogen and oxygen atoms in total. The zero-order valence-corrected chi connectivity index (χ0v) is 49.3. The van der Waals surface area contributed by atoms with Crippen molar-refractivity contribution in [1.82, 2.24) is 0 Å². The van der Waals surface area contributed by atoms with Gasteiger partial charge in [0.25, 0.3) is 6.71 Å². The summed E-state index contributed by atoms with van der Waals surface area (Å²) in [5.74, 6) is 0. The molecule has 0 bridgehead atoms. The van der Waals surface area contributed by atoms with Gasteiger partial charge in [-0.2, -0.15) is 0 Å². The third-order valence-electron chi connectivity index (χ3n) is 20.7. The minimum absolute atomic E-state index is 0.0137. The molecule has 0 unspecified atom stereocenters. The summed E-state index contributed by atoms with van der Waals surface area (Å²) in [6, 6.07) is 31.0. The number of nitrogens with zero attached hydrogens (tertiary/aromatic N) is 2. The Morgan fingerprint density at radius 1 is 0.397 bits per heavy atom. The standard InChI is InChI=1S/C69H85BN2S/c1-40-32-41(2)56(42(3)33-40)43-34-54-58-55(35-43)72(45-21-23-47-49(37-45)65(10,11)27-25-63(47,6)7)61-59(57-60(73-61)69(18,19)31-30-68(57,16)17)70(58)52-38-50-51(67(14,15)29-28-66(50,12)13)39-53(52)71(54)44-20-22-46-48(36-44)64(8,9)26-24-62(46,4)5/h20-23,32-39H,24-31H2,1-19H3. The second-order valence-corrected chi connectivity index (χ2v) is 30.8. The fourth-order valence-corrected chi connectivity index (χ4v) is 17.3. The Balaban J connectivity index is 1.27. The molecule has 3 heterocycles. The zero-order chi connectivity index (χ0) is 52.3. The van der Waals surface area contributed by atoms with Crippen LogP contribution in [0.1, 0.15) is 223 Å². The van der Waals surface area contributed by atoms with Gasteiger partial charge < -0.3 is 9.80 Å². The van der Waals surface area contributed by atoms with Crippen molar-refractivity contribution in [3.63, 3.8) is 0 Å². The highest BCUT2D eigenvalue weighted by molar-refractivity contribution is 7.20. The predicted octanol–water partition coefficient (Wildman–Crippen LogP) is 17.8. The highest BCUT2D eigenvalue weighted by atomic mass is 32.1. The smallest absolute Gasteiger partial charge is 0.253 e. The fraction of sp³-hybridized carbons (Fsp3) is 0.507. The van der Waals surface area contributed by atoms with Crippen LogP contribution in [0.2, 0.25) is 0 Å². The van der Waals surface area contributed by atoms with Crippen LogP contribution in [-0.2, 0) is 43.3 Å². The third-order valence-corrected chi connectivity index (χ3v) is 22.3. The van der Waals surface area contributed by atoms with Crippen LogP contribution in [-0.4, -0.2) is 6.71 Å². The molecule has 5 aromatic carbocycles. The Labute approximate surface area is 445 Å². The van der Waals surface area contributed by atoms with Gasteiger partial charge in [-0.3, -0.25) is 0 Å². The normalized spacial score (nSPS) is 22.3. The Bertz CT molecular complexity index is 3340. The monoisotopic (exact) mass is 985 g/mol. The van der Waals surface area contributed by atoms with Gasteiger partial charge in [-0.05, 0) is 236 Å². The maximum absolute atomic E-state index is 2.81. The molecule has 4 heteroatoms. The number of anilines is 6. The van der Waals surface area contributed by atoms with Gasteiger partial charge in [0.2, 0.25) is 0 Å². The van der Waals surface area contributed by atoms with Crippen LogP contribution in [0.15, 0.2) is 72.8 Å². The lowest BCUT2D eigenvalue weighted by Crippen LogP contribution is -2.63. The van der Waals surface area contributed by atoms with Gasteiger partial charge in [-0.15, -0.1) is 11.3 Å². The van der Waals surface area contributed by atoms with Crippen molar-refractivity contribution in [2.24, 2.45) is 0 Å². The fourth-order valence-electron chi connectivity index (χ4n) is 15.7. The lowest BCUT2D eigenvalue weighted by Gasteiger charge is -2.48. The van der Waals surface area contributed by atoms with Crippen LogP contribution in [0, 0.1) is 20.8 Å². The second kappa shape index (κ2) is 15.3. The van der Waals surface area contributed by atoms with E-state index in [2.05, 4.69) is 225 Å². The quantitative estimate of drug-likeness (QED) is 0.163. The van der Waals surface area contributed by atoms with Crippen LogP contribution in [0.4, 0.5) is 33.4 Å². The van der Waals surface area contributed by atoms with Crippen LogP contribution < -0.4 is 26.2 Å². The van der Waals surface area contributed by atoms with Crippen molar-refractivity contribution in [3.8, 4) is 11.1 Å². The van der Waals surface area contributed by atoms with Crippen molar-refractivity contribution >= 4 is 67.9 Å². The molecule has 0 atom stereocenters. The molecular formula is C69H85BN2S. The number of hydrogen-bond donors (Lipinski definition) is 0. The van der Waals surface area contributed by atoms with Gasteiger partial charge in [-0.1, -0.05) is 147 Å². The molecule has 4 aliphatic carbocycles. The number of aryl methyl sites for hydroxylation is 3. The molecule has 73 heavy (non-hydrogen) atoms. The molecule has 6 aromatic rings. The average molecular weight is 985 g/mol. The summed E-state index contributed by atoms with van der Waals surface area (Å²) in [6.07, 6.45) is 9.54. The van der Waals surface area contributed by atoms with Crippen molar-refractivity contribution < 1.29 is 0 Å². The summed E-state index contributed by atoms with van der Waals surface area (Å²) in [6.45, 7) is 47.3. The first-order chi connectivity index (χ1) is 33.9. The van der Waals surface area contributed by atoms with E-state index in [0.717, 1.165) is 0 Å². The highest BCUT2D eigenvalue weighted by Gasteiger charge is 2.53. The van der Waals surface area contributed by atoms with E-state index in [1.54, 1.807) is 21.5 Å². The molecule has 0 radical (unpaired) electrons. The van der Waals surface area contributed by atoms with E-state index >= 15 is 0 Å². The van der Waals surface area contributed by atoms with Gasteiger partial charge in [0.1, 0.15) is 0 Å². The summed E-state index contributed by atoms with van der Waals surface area (Å²) in [4.78, 5) is 7.20. The number of rotatable bonds is 3. The molecular weight excluding hydrogens is 900 g/mol. The van der Waals surface area contributed by atoms with Crippen molar-refractivity contribution in [3.05, 3.63) is 133 Å². The topological polar surface area (TPSA) is 6.48 Å². The van der Waals surface area contributed by atoms with Gasteiger partial charge in [0.15, 0.2) is 0 Å². The molecule has 2 aliphatic heterocycles. The molecule has 0 saturated heterocycles. The van der Waals surface area contributed by atoms with E-state index in [-0.39, 0.29) is 50.0 Å². The molecule has 0 spiro atoms. The van der Waals surface area contributed by atoms with Crippen molar-refractivity contribution in [2.75, 3.05) is 9.80 Å². The summed E-state index contributed by atoms with van der Waals surface area (Å²) < 4.78 is 0. The lowest BCUT2D eigenvalue weighted by atomic mass is 9.32. The zero-order valence-electron chi connectivity index (χ0n) is 48.5. The second-order valence-electron chi connectivity index (χ2n) is 29.8. The number of benzene rings is 5. The number of fused-ring (bicyclic) bond motifs is 9. The maximum atomic E-state index is 2.81. The Morgan fingerprint density at radius 3 is 1.32 bits per heavy atom. The molecule has 0 saturated carbocycles. The minimum atomic E-state index is 0.0137. The number of hydrogen-bond acceptors (Lipinski definition) is 3. The molecule has 1 aromatic heterocycles. The highest BCUT2D eigenvalue weighted by Crippen LogP contribution is 2.58. The van der Waals surface area contributed by atoms with E-state index in [1.807, 2.05) is 0 Å². The van der Waals surface area contributed by atoms with Crippen molar-refractivity contribution in [1.29, 1.82) is 0 Å². The summed E-state index contributed by atoms with van der Waals surface area (Å²) >= 11 is 2.14. The molecule has 0 fully saturated rings. The van der Waals surface area contributed by atoms with E-state index in [1.165, 1.54) is 151 Å². The largest absolute Gasteiger partial charge is 0.311 e. The third kappa shape index (κ3) is 7.12. The SMILES string of the molecule is Cc1cc(C)c(-c2cc3c4c(c2)N(c2ccc5c(c2)C(C)(C)CCC5(C)C)c2sc5c(c2B4c2cc4c(cc2N3c2ccc3c(c2)C(C)(C)CCC3(C)C)C(C)(C)CCC4(C)C)C(C)(C)CCC5(C)C)c(C)c1. The van der Waals surface area contributed by atoms with Gasteiger partial charge in [0, 0.05) is 33.3 Å². The van der Waals surface area contributed by atoms with E-state index in [0.29, 0.717) is 0 Å². The van der Waals surface area contributed by atoms with E-state index in [9.17, 15) is 0 Å². The Hall–Kier alpha value is -4.54. The van der Waals surface area contributed by atoms with Crippen LogP contribution in [0.25, 0.3) is 11.1 Å². The first-order valence-corrected chi connectivity index (χ1v) is 29.2. The lowest BCUT2D eigenvalue weighted by molar-refractivity contribution is 0.332. The van der Waals surface area contributed by atoms with Gasteiger partial charge >= 0.3 is 0 Å². The summed E-state index contributed by atoms with van der Waals surface area (Å²) in [5, 5.41) is 1.44. The Kier molecular flexibility index (Phi) is 10.4. The minimum Gasteiger partial charge on any atom is -0.311 e. The first kappa shape index (κ1) is 49.3. The molecule has 0 amide bonds. The Morgan fingerprint density at radius 2 is 0.808 bits per heavy atom. The first-order valence-electron chi connectivity index (χ1n) is 28.4. The molecule has 12 rings (SSSR count). The molecule has 380 valence electrons. The van der Waals surface area contributed by atoms with Crippen molar-refractivity contribution in [2.45, 2.75) is 226 Å². The molecule has 6 aliphatic rings.